The Balaban J connectivity index is 2.75. The first-order chi connectivity index (χ1) is 7.91. The van der Waals surface area contributed by atoms with E-state index in [2.05, 4.69) is 29.1 Å². The van der Waals surface area contributed by atoms with Crippen molar-refractivity contribution < 1.29 is 4.79 Å². The maximum atomic E-state index is 11.8. The van der Waals surface area contributed by atoms with Crippen LogP contribution in [0, 0.1) is 0 Å². The summed E-state index contributed by atoms with van der Waals surface area (Å²) in [5, 5.41) is 2.79. The van der Waals surface area contributed by atoms with Gasteiger partial charge < -0.3 is 5.32 Å². The van der Waals surface area contributed by atoms with Crippen molar-refractivity contribution in [3.05, 3.63) is 18.1 Å². The number of hydrogen-bond donors (Lipinski definition) is 1. The SMILES string of the molecule is CC(C)c1cc(NC(=O)C(C)N(C)C)ncn1. The zero-order valence-electron chi connectivity index (χ0n) is 11.1. The summed E-state index contributed by atoms with van der Waals surface area (Å²) in [6.45, 7) is 5.95. The number of nitrogens with one attached hydrogen (secondary N) is 1. The van der Waals surface area contributed by atoms with Gasteiger partial charge >= 0.3 is 0 Å². The Morgan fingerprint density at radius 1 is 1.29 bits per heavy atom. The number of carbonyl (C=O) groups excluding carboxylic acids is 1. The van der Waals surface area contributed by atoms with Crippen LogP contribution in [0.2, 0.25) is 0 Å². The molecule has 5 heteroatoms. The smallest absolute Gasteiger partial charge is 0.242 e. The molecule has 0 saturated carbocycles. The third kappa shape index (κ3) is 3.78. The van der Waals surface area contributed by atoms with Crippen LogP contribution < -0.4 is 5.32 Å². The fourth-order valence-corrected chi connectivity index (χ4v) is 1.22. The van der Waals surface area contributed by atoms with Gasteiger partial charge in [-0.1, -0.05) is 13.8 Å². The molecule has 0 spiro atoms. The molecule has 1 N–H and O–H groups in total. The number of rotatable bonds is 4. The number of hydrogen-bond acceptors (Lipinski definition) is 4. The lowest BCUT2D eigenvalue weighted by molar-refractivity contribution is -0.119. The van der Waals surface area contributed by atoms with Crippen LogP contribution in [0.4, 0.5) is 5.82 Å². The maximum absolute atomic E-state index is 11.8. The molecule has 0 aromatic carbocycles. The van der Waals surface area contributed by atoms with Gasteiger partial charge in [0.25, 0.3) is 0 Å². The summed E-state index contributed by atoms with van der Waals surface area (Å²) in [4.78, 5) is 21.9. The van der Waals surface area contributed by atoms with E-state index in [4.69, 9.17) is 0 Å². The van der Waals surface area contributed by atoms with E-state index in [0.717, 1.165) is 5.69 Å². The summed E-state index contributed by atoms with van der Waals surface area (Å²) in [5.74, 6) is 0.811. The van der Waals surface area contributed by atoms with Crippen LogP contribution in [0.1, 0.15) is 32.4 Å². The molecular weight excluding hydrogens is 216 g/mol. The normalized spacial score (nSPS) is 12.9. The molecule has 0 saturated heterocycles. The summed E-state index contributed by atoms with van der Waals surface area (Å²) in [6.07, 6.45) is 1.48. The molecule has 1 amide bonds. The molecule has 0 radical (unpaired) electrons. The van der Waals surface area contributed by atoms with Crippen molar-refractivity contribution in [2.24, 2.45) is 0 Å². The van der Waals surface area contributed by atoms with E-state index < -0.39 is 0 Å². The minimum absolute atomic E-state index is 0.0663. The molecule has 1 aromatic rings. The highest BCUT2D eigenvalue weighted by molar-refractivity contribution is 5.93. The van der Waals surface area contributed by atoms with Crippen molar-refractivity contribution in [3.8, 4) is 0 Å². The lowest BCUT2D eigenvalue weighted by Gasteiger charge is -2.18. The molecule has 0 bridgehead atoms. The number of carbonyl (C=O) groups is 1. The Bertz CT molecular complexity index is 390. The zero-order chi connectivity index (χ0) is 13.0. The van der Waals surface area contributed by atoms with Gasteiger partial charge in [0, 0.05) is 11.8 Å². The lowest BCUT2D eigenvalue weighted by Crippen LogP contribution is -2.37. The maximum Gasteiger partial charge on any atom is 0.242 e. The van der Waals surface area contributed by atoms with E-state index in [1.807, 2.05) is 32.0 Å². The van der Waals surface area contributed by atoms with E-state index in [0.29, 0.717) is 11.7 Å². The number of amides is 1. The van der Waals surface area contributed by atoms with Crippen LogP contribution in [-0.4, -0.2) is 40.9 Å². The molecular formula is C12H20N4O. The molecule has 94 valence electrons. The van der Waals surface area contributed by atoms with Gasteiger partial charge in [0.2, 0.25) is 5.91 Å². The first-order valence-corrected chi connectivity index (χ1v) is 5.71. The van der Waals surface area contributed by atoms with Crippen molar-refractivity contribution >= 4 is 11.7 Å². The van der Waals surface area contributed by atoms with E-state index >= 15 is 0 Å². The fourth-order valence-electron chi connectivity index (χ4n) is 1.22. The predicted octanol–water partition coefficient (Wildman–Crippen LogP) is 1.49. The Morgan fingerprint density at radius 2 is 1.94 bits per heavy atom. The Labute approximate surface area is 102 Å². The molecule has 1 aromatic heterocycles. The highest BCUT2D eigenvalue weighted by atomic mass is 16.2. The monoisotopic (exact) mass is 236 g/mol. The second-order valence-electron chi connectivity index (χ2n) is 4.61. The predicted molar refractivity (Wildman–Crippen MR) is 67.9 cm³/mol. The van der Waals surface area contributed by atoms with E-state index in [-0.39, 0.29) is 11.9 Å². The standard InChI is InChI=1S/C12H20N4O/c1-8(2)10-6-11(14-7-13-10)15-12(17)9(3)16(4)5/h6-9H,1-5H3,(H,13,14,15,17). The molecule has 0 aliphatic rings. The van der Waals surface area contributed by atoms with Gasteiger partial charge in [0.05, 0.1) is 6.04 Å². The van der Waals surface area contributed by atoms with Gasteiger partial charge in [-0.3, -0.25) is 9.69 Å². The van der Waals surface area contributed by atoms with Gasteiger partial charge in [-0.2, -0.15) is 0 Å². The summed E-state index contributed by atoms with van der Waals surface area (Å²) >= 11 is 0. The van der Waals surface area contributed by atoms with Crippen LogP contribution in [0.5, 0.6) is 0 Å². The number of likely N-dealkylation sites (N-methyl/N-ethyl adjacent to an activating group) is 1. The second kappa shape index (κ2) is 5.72. The first kappa shape index (κ1) is 13.6. The Hall–Kier alpha value is -1.49. The molecule has 1 heterocycles. The molecule has 17 heavy (non-hydrogen) atoms. The van der Waals surface area contributed by atoms with E-state index in [1.165, 1.54) is 6.33 Å². The minimum atomic E-state index is -0.188. The quantitative estimate of drug-likeness (QED) is 0.860. The second-order valence-corrected chi connectivity index (χ2v) is 4.61. The molecule has 0 aliphatic carbocycles. The van der Waals surface area contributed by atoms with Gasteiger partial charge in [0.1, 0.15) is 12.1 Å². The highest BCUT2D eigenvalue weighted by Gasteiger charge is 2.15. The van der Waals surface area contributed by atoms with Crippen LogP contribution in [0.3, 0.4) is 0 Å². The van der Waals surface area contributed by atoms with Gasteiger partial charge in [-0.05, 0) is 26.9 Å². The van der Waals surface area contributed by atoms with Crippen LogP contribution in [0.15, 0.2) is 12.4 Å². The lowest BCUT2D eigenvalue weighted by atomic mass is 10.1. The number of anilines is 1. The molecule has 0 aliphatic heterocycles. The van der Waals surface area contributed by atoms with Crippen molar-refractivity contribution in [1.82, 2.24) is 14.9 Å². The average Bonchev–Trinajstić information content (AvgIpc) is 2.28. The molecule has 0 fully saturated rings. The summed E-state index contributed by atoms with van der Waals surface area (Å²) in [6, 6.07) is 1.62. The van der Waals surface area contributed by atoms with Crippen molar-refractivity contribution in [2.75, 3.05) is 19.4 Å². The van der Waals surface area contributed by atoms with Crippen LogP contribution in [-0.2, 0) is 4.79 Å². The topological polar surface area (TPSA) is 58.1 Å². The Kier molecular flexibility index (Phi) is 4.57. The summed E-state index contributed by atoms with van der Waals surface area (Å²) in [7, 11) is 3.73. The van der Waals surface area contributed by atoms with Gasteiger partial charge in [0.15, 0.2) is 0 Å². The van der Waals surface area contributed by atoms with Crippen LogP contribution in [0.25, 0.3) is 0 Å². The third-order valence-corrected chi connectivity index (χ3v) is 2.69. The molecule has 1 unspecified atom stereocenters. The molecule has 1 atom stereocenters. The van der Waals surface area contributed by atoms with Crippen molar-refractivity contribution in [3.63, 3.8) is 0 Å². The average molecular weight is 236 g/mol. The van der Waals surface area contributed by atoms with Crippen LogP contribution >= 0.6 is 0 Å². The van der Waals surface area contributed by atoms with Crippen molar-refractivity contribution in [1.29, 1.82) is 0 Å². The molecule has 1 rings (SSSR count). The summed E-state index contributed by atoms with van der Waals surface area (Å²) < 4.78 is 0. The van der Waals surface area contributed by atoms with Gasteiger partial charge in [-0.25, -0.2) is 9.97 Å². The van der Waals surface area contributed by atoms with Crippen molar-refractivity contribution in [2.45, 2.75) is 32.7 Å². The van der Waals surface area contributed by atoms with E-state index in [1.54, 1.807) is 0 Å². The highest BCUT2D eigenvalue weighted by Crippen LogP contribution is 2.13. The van der Waals surface area contributed by atoms with E-state index in [9.17, 15) is 4.79 Å². The third-order valence-electron chi connectivity index (χ3n) is 2.69. The number of aromatic nitrogens is 2. The fraction of sp³-hybridized carbons (Fsp3) is 0.583. The minimum Gasteiger partial charge on any atom is -0.309 e. The zero-order valence-corrected chi connectivity index (χ0v) is 11.1. The summed E-state index contributed by atoms with van der Waals surface area (Å²) in [5.41, 5.74) is 0.924. The number of nitrogens with zero attached hydrogens (tertiary/aromatic N) is 3. The van der Waals surface area contributed by atoms with Gasteiger partial charge in [-0.15, -0.1) is 0 Å². The largest absolute Gasteiger partial charge is 0.309 e. The Morgan fingerprint density at radius 3 is 2.47 bits per heavy atom. The molecule has 5 nitrogen and oxygen atoms in total. The first-order valence-electron chi connectivity index (χ1n) is 5.71.